The molecule has 0 saturated carbocycles. The second-order valence-electron chi connectivity index (χ2n) is 3.23. The molecule has 0 atom stereocenters. The number of pyridine rings is 1. The van der Waals surface area contributed by atoms with E-state index in [0.717, 1.165) is 6.20 Å². The molecule has 2 aromatic rings. The molecule has 0 N–H and O–H groups in total. The highest BCUT2D eigenvalue weighted by Gasteiger charge is 2.12. The van der Waals surface area contributed by atoms with E-state index in [2.05, 4.69) is 4.98 Å². The van der Waals surface area contributed by atoms with Gasteiger partial charge in [0.2, 0.25) is 0 Å². The van der Waals surface area contributed by atoms with E-state index in [4.69, 9.17) is 34.8 Å². The molecule has 0 radical (unpaired) electrons. The van der Waals surface area contributed by atoms with Crippen LogP contribution in [0.25, 0.3) is 11.3 Å². The number of hydrogen-bond acceptors (Lipinski definition) is 1. The Bertz CT molecular complexity index is 589. The highest BCUT2D eigenvalue weighted by Crippen LogP contribution is 2.36. The van der Waals surface area contributed by atoms with Crippen molar-refractivity contribution in [1.29, 1.82) is 0 Å². The molecule has 0 unspecified atom stereocenters. The third kappa shape index (κ3) is 2.84. The normalized spacial score (nSPS) is 10.6. The average molecular weight is 402 g/mol. The van der Waals surface area contributed by atoms with Gasteiger partial charge >= 0.3 is 0 Å². The number of halogens is 5. The Morgan fingerprint density at radius 3 is 2.29 bits per heavy atom. The smallest absolute Gasteiger partial charge is 0.142 e. The van der Waals surface area contributed by atoms with E-state index in [1.54, 1.807) is 12.1 Å². The summed E-state index contributed by atoms with van der Waals surface area (Å²) in [5, 5.41) is 1.18. The van der Waals surface area contributed by atoms with Crippen molar-refractivity contribution in [3.05, 3.63) is 48.9 Å². The Kier molecular flexibility index (Phi) is 4.13. The zero-order valence-electron chi connectivity index (χ0n) is 8.15. The van der Waals surface area contributed by atoms with Gasteiger partial charge in [-0.25, -0.2) is 4.39 Å². The van der Waals surface area contributed by atoms with Crippen LogP contribution in [0.15, 0.2) is 24.4 Å². The van der Waals surface area contributed by atoms with Crippen molar-refractivity contribution in [2.45, 2.75) is 0 Å². The predicted molar refractivity (Wildman–Crippen MR) is 77.4 cm³/mol. The minimum Gasteiger partial charge on any atom is -0.252 e. The van der Waals surface area contributed by atoms with Gasteiger partial charge in [0.1, 0.15) is 5.82 Å². The fourth-order valence-electron chi connectivity index (χ4n) is 1.32. The lowest BCUT2D eigenvalue weighted by Gasteiger charge is -2.07. The van der Waals surface area contributed by atoms with Crippen molar-refractivity contribution in [1.82, 2.24) is 4.98 Å². The molecule has 1 heterocycles. The first kappa shape index (κ1) is 13.3. The van der Waals surface area contributed by atoms with Crippen LogP contribution < -0.4 is 0 Å². The lowest BCUT2D eigenvalue weighted by molar-refractivity contribution is 0.620. The Balaban J connectivity index is 2.64. The first-order valence-electron chi connectivity index (χ1n) is 4.45. The minimum absolute atomic E-state index is 0.373. The number of rotatable bonds is 1. The van der Waals surface area contributed by atoms with Gasteiger partial charge < -0.3 is 0 Å². The van der Waals surface area contributed by atoms with E-state index in [0.29, 0.717) is 29.9 Å². The molecule has 0 saturated heterocycles. The quantitative estimate of drug-likeness (QED) is 0.456. The molecule has 0 aliphatic rings. The van der Waals surface area contributed by atoms with Crippen LogP contribution in [0, 0.1) is 9.39 Å². The Morgan fingerprint density at radius 1 is 1.00 bits per heavy atom. The lowest BCUT2D eigenvalue weighted by atomic mass is 10.1. The first-order chi connectivity index (χ1) is 7.99. The van der Waals surface area contributed by atoms with E-state index in [9.17, 15) is 4.39 Å². The standard InChI is InChI=1S/C11H4Cl3FIN/c12-7-3-9(14)8(13)2-6(7)11-10(16)1-5(15)4-17-11/h1-4H. The molecule has 0 amide bonds. The molecule has 0 fully saturated rings. The molecule has 2 rings (SSSR count). The summed E-state index contributed by atoms with van der Waals surface area (Å²) < 4.78 is 13.6. The molecular formula is C11H4Cl3FIN. The van der Waals surface area contributed by atoms with Crippen LogP contribution in [0.2, 0.25) is 15.1 Å². The zero-order chi connectivity index (χ0) is 12.6. The summed E-state index contributed by atoms with van der Waals surface area (Å²) in [5.41, 5.74) is 1.21. The van der Waals surface area contributed by atoms with Crippen molar-refractivity contribution in [2.75, 3.05) is 0 Å². The Hall–Kier alpha value is -0.100. The molecule has 17 heavy (non-hydrogen) atoms. The Morgan fingerprint density at radius 2 is 1.65 bits per heavy atom. The van der Waals surface area contributed by atoms with Gasteiger partial charge in [-0.1, -0.05) is 34.8 Å². The van der Waals surface area contributed by atoms with E-state index >= 15 is 0 Å². The molecule has 1 aromatic carbocycles. The van der Waals surface area contributed by atoms with E-state index in [-0.39, 0.29) is 0 Å². The fourth-order valence-corrected chi connectivity index (χ4v) is 2.68. The molecule has 88 valence electrons. The maximum Gasteiger partial charge on any atom is 0.142 e. The lowest BCUT2D eigenvalue weighted by Crippen LogP contribution is -1.91. The fraction of sp³-hybridized carbons (Fsp3) is 0. The SMILES string of the molecule is Fc1cnc(-c2cc(Cl)c(Cl)cc2Cl)c(I)c1. The summed E-state index contributed by atoms with van der Waals surface area (Å²) in [4.78, 5) is 4.01. The number of aromatic nitrogens is 1. The molecule has 1 aromatic heterocycles. The largest absolute Gasteiger partial charge is 0.252 e. The van der Waals surface area contributed by atoms with Gasteiger partial charge in [-0.15, -0.1) is 0 Å². The third-order valence-corrected chi connectivity index (χ3v) is 3.93. The van der Waals surface area contributed by atoms with Crippen LogP contribution in [-0.2, 0) is 0 Å². The van der Waals surface area contributed by atoms with Crippen molar-refractivity contribution < 1.29 is 4.39 Å². The zero-order valence-corrected chi connectivity index (χ0v) is 12.6. The molecule has 1 nitrogen and oxygen atoms in total. The summed E-state index contributed by atoms with van der Waals surface area (Å²) >= 11 is 19.8. The van der Waals surface area contributed by atoms with Crippen LogP contribution in [0.5, 0.6) is 0 Å². The van der Waals surface area contributed by atoms with Gasteiger partial charge in [-0.3, -0.25) is 4.98 Å². The number of benzene rings is 1. The summed E-state index contributed by atoms with van der Waals surface area (Å²) in [6.45, 7) is 0. The highest BCUT2D eigenvalue weighted by molar-refractivity contribution is 14.1. The summed E-state index contributed by atoms with van der Waals surface area (Å²) in [5.74, 6) is -0.394. The van der Waals surface area contributed by atoms with Crippen LogP contribution >= 0.6 is 57.4 Å². The first-order valence-corrected chi connectivity index (χ1v) is 6.66. The van der Waals surface area contributed by atoms with Crippen LogP contribution in [0.3, 0.4) is 0 Å². The molecule has 0 spiro atoms. The summed E-state index contributed by atoms with van der Waals surface area (Å²) in [7, 11) is 0. The average Bonchev–Trinajstić information content (AvgIpc) is 2.24. The van der Waals surface area contributed by atoms with Gasteiger partial charge in [-0.05, 0) is 40.8 Å². The van der Waals surface area contributed by atoms with Gasteiger partial charge in [0.05, 0.1) is 27.0 Å². The number of hydrogen-bond donors (Lipinski definition) is 0. The van der Waals surface area contributed by atoms with Crippen LogP contribution in [0.1, 0.15) is 0 Å². The number of nitrogens with zero attached hydrogens (tertiary/aromatic N) is 1. The monoisotopic (exact) mass is 401 g/mol. The summed E-state index contributed by atoms with van der Waals surface area (Å²) in [6.07, 6.45) is 1.14. The van der Waals surface area contributed by atoms with Gasteiger partial charge in [-0.2, -0.15) is 0 Å². The van der Waals surface area contributed by atoms with E-state index in [1.807, 2.05) is 22.6 Å². The topological polar surface area (TPSA) is 12.9 Å². The van der Waals surface area contributed by atoms with Crippen LogP contribution in [-0.4, -0.2) is 4.98 Å². The second-order valence-corrected chi connectivity index (χ2v) is 5.61. The van der Waals surface area contributed by atoms with Crippen molar-refractivity contribution >= 4 is 57.4 Å². The van der Waals surface area contributed by atoms with Gasteiger partial charge in [0.25, 0.3) is 0 Å². The molecule has 0 bridgehead atoms. The van der Waals surface area contributed by atoms with E-state index < -0.39 is 5.82 Å². The predicted octanol–water partition coefficient (Wildman–Crippen LogP) is 5.45. The minimum atomic E-state index is -0.394. The van der Waals surface area contributed by atoms with Crippen molar-refractivity contribution in [2.24, 2.45) is 0 Å². The molecule has 6 heteroatoms. The molecule has 0 aliphatic heterocycles. The van der Waals surface area contributed by atoms with Crippen molar-refractivity contribution in [3.8, 4) is 11.3 Å². The Labute approximate surface area is 126 Å². The van der Waals surface area contributed by atoms with Crippen molar-refractivity contribution in [3.63, 3.8) is 0 Å². The molecular weight excluding hydrogens is 398 g/mol. The second kappa shape index (κ2) is 5.26. The summed E-state index contributed by atoms with van der Waals surface area (Å²) in [6, 6.07) is 4.54. The highest BCUT2D eigenvalue weighted by atomic mass is 127. The maximum atomic E-state index is 13.0. The van der Waals surface area contributed by atoms with E-state index in [1.165, 1.54) is 6.07 Å². The molecule has 0 aliphatic carbocycles. The maximum absolute atomic E-state index is 13.0. The third-order valence-electron chi connectivity index (χ3n) is 2.07. The van der Waals surface area contributed by atoms with Gasteiger partial charge in [0, 0.05) is 9.13 Å². The van der Waals surface area contributed by atoms with Gasteiger partial charge in [0.15, 0.2) is 0 Å². The van der Waals surface area contributed by atoms with Crippen LogP contribution in [0.4, 0.5) is 4.39 Å².